The lowest BCUT2D eigenvalue weighted by molar-refractivity contribution is -0.116. The summed E-state index contributed by atoms with van der Waals surface area (Å²) in [6.45, 7) is 0.991. The first-order valence-electron chi connectivity index (χ1n) is 6.72. The lowest BCUT2D eigenvalue weighted by atomic mass is 9.96. The van der Waals surface area contributed by atoms with E-state index in [4.69, 9.17) is 0 Å². The fourth-order valence-electron chi connectivity index (χ4n) is 3.19. The zero-order valence-corrected chi connectivity index (χ0v) is 9.98. The third kappa shape index (κ3) is 2.64. The Bertz CT molecular complexity index is 232. The molecule has 2 aliphatic rings. The predicted molar refractivity (Wildman–Crippen MR) is 63.3 cm³/mol. The van der Waals surface area contributed by atoms with Crippen molar-refractivity contribution in [2.45, 2.75) is 69.6 Å². The highest BCUT2D eigenvalue weighted by atomic mass is 16.3. The van der Waals surface area contributed by atoms with Gasteiger partial charge in [-0.2, -0.15) is 0 Å². The minimum Gasteiger partial charge on any atom is -0.391 e. The first-order chi connectivity index (χ1) is 7.83. The van der Waals surface area contributed by atoms with Gasteiger partial charge >= 0.3 is 0 Å². The van der Waals surface area contributed by atoms with Crippen LogP contribution in [-0.2, 0) is 4.79 Å². The monoisotopic (exact) mass is 225 g/mol. The molecular formula is C13H23NO2. The summed E-state index contributed by atoms with van der Waals surface area (Å²) in [5.41, 5.74) is 0. The summed E-state index contributed by atoms with van der Waals surface area (Å²) >= 11 is 0. The molecule has 0 radical (unpaired) electrons. The number of piperidine rings is 1. The van der Waals surface area contributed by atoms with E-state index >= 15 is 0 Å². The smallest absolute Gasteiger partial charge is 0.137 e. The highest BCUT2D eigenvalue weighted by Crippen LogP contribution is 2.27. The van der Waals surface area contributed by atoms with Gasteiger partial charge in [-0.25, -0.2) is 0 Å². The molecule has 2 fully saturated rings. The van der Waals surface area contributed by atoms with Gasteiger partial charge in [0.25, 0.3) is 0 Å². The van der Waals surface area contributed by atoms with Crippen LogP contribution in [0.5, 0.6) is 0 Å². The Morgan fingerprint density at radius 1 is 1.00 bits per heavy atom. The lowest BCUT2D eigenvalue weighted by Crippen LogP contribution is -2.51. The Kier molecular flexibility index (Phi) is 4.36. The van der Waals surface area contributed by atoms with Crippen molar-refractivity contribution in [3.05, 3.63) is 0 Å². The Morgan fingerprint density at radius 2 is 1.75 bits per heavy atom. The van der Waals surface area contributed by atoms with Crippen LogP contribution < -0.4 is 0 Å². The number of carbonyl (C=O) groups is 1. The molecule has 3 heteroatoms. The van der Waals surface area contributed by atoms with Crippen LogP contribution in [0.25, 0.3) is 0 Å². The summed E-state index contributed by atoms with van der Waals surface area (Å²) in [7, 11) is 0. The van der Waals surface area contributed by atoms with Crippen LogP contribution in [0.15, 0.2) is 0 Å². The van der Waals surface area contributed by atoms with Gasteiger partial charge in [-0.3, -0.25) is 4.90 Å². The number of likely N-dealkylation sites (tertiary alicyclic amines) is 1. The standard InChI is InChI=1S/C13H23NO2/c15-10-11-6-4-5-9-14(11)12-7-2-1-3-8-13(12)16/h10-13,16H,1-9H2. The molecule has 2 rings (SSSR count). The predicted octanol–water partition coefficient (Wildman–Crippen LogP) is 1.73. The van der Waals surface area contributed by atoms with Crippen LogP contribution in [0.1, 0.15) is 51.4 Å². The SMILES string of the molecule is O=CC1CCCCN1C1CCCCCC1O. The van der Waals surface area contributed by atoms with Crippen LogP contribution in [0.3, 0.4) is 0 Å². The number of hydrogen-bond acceptors (Lipinski definition) is 3. The lowest BCUT2D eigenvalue weighted by Gasteiger charge is -2.40. The summed E-state index contributed by atoms with van der Waals surface area (Å²) in [6.07, 6.45) is 9.70. The Balaban J connectivity index is 2.04. The van der Waals surface area contributed by atoms with Crippen LogP contribution in [0.4, 0.5) is 0 Å². The Morgan fingerprint density at radius 3 is 2.56 bits per heavy atom. The zero-order valence-electron chi connectivity index (χ0n) is 9.98. The maximum Gasteiger partial charge on any atom is 0.137 e. The summed E-state index contributed by atoms with van der Waals surface area (Å²) in [5.74, 6) is 0. The molecule has 1 N–H and O–H groups in total. The molecule has 1 aliphatic heterocycles. The molecule has 3 unspecified atom stereocenters. The molecule has 92 valence electrons. The van der Waals surface area contributed by atoms with E-state index in [-0.39, 0.29) is 18.2 Å². The van der Waals surface area contributed by atoms with E-state index in [2.05, 4.69) is 4.90 Å². The third-order valence-corrected chi connectivity index (χ3v) is 4.12. The van der Waals surface area contributed by atoms with Gasteiger partial charge < -0.3 is 9.90 Å². The molecule has 1 heterocycles. The average Bonchev–Trinajstić information content (AvgIpc) is 2.54. The molecule has 0 aromatic heterocycles. The van der Waals surface area contributed by atoms with Crippen molar-refractivity contribution in [2.24, 2.45) is 0 Å². The van der Waals surface area contributed by atoms with Gasteiger partial charge in [0, 0.05) is 6.04 Å². The molecule has 0 aromatic carbocycles. The summed E-state index contributed by atoms with van der Waals surface area (Å²) in [4.78, 5) is 13.4. The molecule has 1 aliphatic carbocycles. The Hall–Kier alpha value is -0.410. The van der Waals surface area contributed by atoms with Crippen molar-refractivity contribution in [1.82, 2.24) is 4.90 Å². The largest absolute Gasteiger partial charge is 0.391 e. The third-order valence-electron chi connectivity index (χ3n) is 4.12. The second-order valence-corrected chi connectivity index (χ2v) is 5.21. The van der Waals surface area contributed by atoms with Gasteiger partial charge in [-0.15, -0.1) is 0 Å². The number of aliphatic hydroxyl groups is 1. The van der Waals surface area contributed by atoms with Crippen molar-refractivity contribution in [3.8, 4) is 0 Å². The van der Waals surface area contributed by atoms with E-state index in [1.54, 1.807) is 0 Å². The zero-order chi connectivity index (χ0) is 11.4. The van der Waals surface area contributed by atoms with Crippen molar-refractivity contribution in [1.29, 1.82) is 0 Å². The second kappa shape index (κ2) is 5.78. The second-order valence-electron chi connectivity index (χ2n) is 5.21. The van der Waals surface area contributed by atoms with Crippen molar-refractivity contribution >= 4 is 6.29 Å². The summed E-state index contributed by atoms with van der Waals surface area (Å²) in [5, 5.41) is 10.2. The molecule has 1 saturated heterocycles. The van der Waals surface area contributed by atoms with Gasteiger partial charge in [0.05, 0.1) is 12.1 Å². The molecule has 0 aromatic rings. The van der Waals surface area contributed by atoms with Crippen molar-refractivity contribution in [3.63, 3.8) is 0 Å². The first kappa shape index (κ1) is 12.1. The summed E-state index contributed by atoms with van der Waals surface area (Å²) in [6, 6.07) is 0.296. The minimum atomic E-state index is -0.219. The molecule has 3 atom stereocenters. The van der Waals surface area contributed by atoms with E-state index < -0.39 is 0 Å². The number of carbonyl (C=O) groups excluding carboxylic acids is 1. The summed E-state index contributed by atoms with van der Waals surface area (Å²) < 4.78 is 0. The fraction of sp³-hybridized carbons (Fsp3) is 0.923. The van der Waals surface area contributed by atoms with Crippen molar-refractivity contribution in [2.75, 3.05) is 6.54 Å². The highest BCUT2D eigenvalue weighted by molar-refractivity contribution is 5.57. The number of hydrogen-bond donors (Lipinski definition) is 1. The maximum absolute atomic E-state index is 11.1. The normalized spacial score (nSPS) is 37.9. The number of aliphatic hydroxyl groups excluding tert-OH is 1. The number of nitrogens with zero attached hydrogens (tertiary/aromatic N) is 1. The van der Waals surface area contributed by atoms with Gasteiger partial charge in [0.2, 0.25) is 0 Å². The number of rotatable bonds is 2. The molecule has 16 heavy (non-hydrogen) atoms. The topological polar surface area (TPSA) is 40.5 Å². The fourth-order valence-corrected chi connectivity index (χ4v) is 3.19. The molecule has 3 nitrogen and oxygen atoms in total. The van der Waals surface area contributed by atoms with Crippen LogP contribution >= 0.6 is 0 Å². The molecule has 0 spiro atoms. The first-order valence-corrected chi connectivity index (χ1v) is 6.72. The minimum absolute atomic E-state index is 0.0616. The van der Waals surface area contributed by atoms with Crippen LogP contribution in [0, 0.1) is 0 Å². The van der Waals surface area contributed by atoms with Crippen LogP contribution in [0.2, 0.25) is 0 Å². The van der Waals surface area contributed by atoms with Gasteiger partial charge in [-0.1, -0.05) is 25.7 Å². The van der Waals surface area contributed by atoms with E-state index in [1.807, 2.05) is 0 Å². The van der Waals surface area contributed by atoms with Crippen LogP contribution in [-0.4, -0.2) is 41.0 Å². The van der Waals surface area contributed by atoms with Gasteiger partial charge in [0.15, 0.2) is 0 Å². The van der Waals surface area contributed by atoms with Gasteiger partial charge in [0.1, 0.15) is 6.29 Å². The quantitative estimate of drug-likeness (QED) is 0.575. The van der Waals surface area contributed by atoms with E-state index in [0.29, 0.717) is 0 Å². The van der Waals surface area contributed by atoms with E-state index in [9.17, 15) is 9.90 Å². The maximum atomic E-state index is 11.1. The highest BCUT2D eigenvalue weighted by Gasteiger charge is 2.33. The number of aldehydes is 1. The van der Waals surface area contributed by atoms with Gasteiger partial charge in [-0.05, 0) is 32.2 Å². The molecular weight excluding hydrogens is 202 g/mol. The average molecular weight is 225 g/mol. The van der Waals surface area contributed by atoms with Crippen molar-refractivity contribution < 1.29 is 9.90 Å². The molecule has 0 bridgehead atoms. The molecule has 1 saturated carbocycles. The molecule has 0 amide bonds. The van der Waals surface area contributed by atoms with E-state index in [0.717, 1.165) is 44.9 Å². The Labute approximate surface area is 97.8 Å². The van der Waals surface area contributed by atoms with E-state index in [1.165, 1.54) is 19.3 Å².